The van der Waals surface area contributed by atoms with Gasteiger partial charge in [0.2, 0.25) is 0 Å². The molecule has 0 fully saturated rings. The van der Waals surface area contributed by atoms with Crippen molar-refractivity contribution in [3.05, 3.63) is 42.3 Å². The summed E-state index contributed by atoms with van der Waals surface area (Å²) in [6.45, 7) is 0.906. The Morgan fingerprint density at radius 3 is 2.65 bits per heavy atom. The number of halogens is 1. The van der Waals surface area contributed by atoms with Crippen molar-refractivity contribution in [3.8, 4) is 0 Å². The van der Waals surface area contributed by atoms with E-state index in [9.17, 15) is 9.18 Å². The average molecular weight is 318 g/mol. The van der Waals surface area contributed by atoms with Crippen LogP contribution in [-0.4, -0.2) is 43.4 Å². The Labute approximate surface area is 133 Å². The molecule has 0 bridgehead atoms. The number of carbonyl (C=O) groups is 1. The first-order chi connectivity index (χ1) is 11.0. The first kappa shape index (κ1) is 16.5. The highest BCUT2D eigenvalue weighted by molar-refractivity contribution is 5.89. The molecule has 2 amide bonds. The monoisotopic (exact) mass is 318 g/mol. The van der Waals surface area contributed by atoms with Crippen LogP contribution in [0.5, 0.6) is 0 Å². The first-order valence-electron chi connectivity index (χ1n) is 7.09. The van der Waals surface area contributed by atoms with E-state index >= 15 is 0 Å². The van der Waals surface area contributed by atoms with Gasteiger partial charge in [0.1, 0.15) is 5.82 Å². The molecule has 2 rings (SSSR count). The fraction of sp³-hybridized carbons (Fsp3) is 0.267. The van der Waals surface area contributed by atoms with Gasteiger partial charge in [0.25, 0.3) is 0 Å². The molecule has 0 spiro atoms. The van der Waals surface area contributed by atoms with Crippen LogP contribution in [0, 0.1) is 5.82 Å². The Morgan fingerprint density at radius 2 is 1.96 bits per heavy atom. The van der Waals surface area contributed by atoms with Crippen LogP contribution in [0.25, 0.3) is 0 Å². The molecule has 3 N–H and O–H groups in total. The average Bonchev–Trinajstić information content (AvgIpc) is 2.54. The fourth-order valence-electron chi connectivity index (χ4n) is 1.76. The Balaban J connectivity index is 1.71. The molecule has 0 aliphatic rings. The summed E-state index contributed by atoms with van der Waals surface area (Å²) in [5.41, 5.74) is 1.46. The van der Waals surface area contributed by atoms with Gasteiger partial charge in [0, 0.05) is 38.9 Å². The van der Waals surface area contributed by atoms with Gasteiger partial charge in [-0.3, -0.25) is 0 Å². The van der Waals surface area contributed by atoms with Gasteiger partial charge in [0.15, 0.2) is 5.82 Å². The van der Waals surface area contributed by atoms with Crippen LogP contribution in [0.2, 0.25) is 0 Å². The van der Waals surface area contributed by atoms with E-state index in [-0.39, 0.29) is 11.8 Å². The number of hydrogen-bond acceptors (Lipinski definition) is 5. The molecule has 0 radical (unpaired) electrons. The predicted octanol–water partition coefficient (Wildman–Crippen LogP) is 1.92. The summed E-state index contributed by atoms with van der Waals surface area (Å²) in [6.07, 6.45) is 1.67. The summed E-state index contributed by atoms with van der Waals surface area (Å²) in [4.78, 5) is 13.6. The molecule has 7 nitrogen and oxygen atoms in total. The molecule has 0 unspecified atom stereocenters. The van der Waals surface area contributed by atoms with Gasteiger partial charge in [-0.1, -0.05) is 0 Å². The Kier molecular flexibility index (Phi) is 5.67. The van der Waals surface area contributed by atoms with Crippen LogP contribution in [0.1, 0.15) is 0 Å². The summed E-state index contributed by atoms with van der Waals surface area (Å²) in [5.74, 6) is 0.290. The molecule has 1 aromatic heterocycles. The number of anilines is 3. The lowest BCUT2D eigenvalue weighted by Crippen LogP contribution is -2.32. The summed E-state index contributed by atoms with van der Waals surface area (Å²) >= 11 is 0. The summed E-state index contributed by atoms with van der Waals surface area (Å²) < 4.78 is 12.8. The topological polar surface area (TPSA) is 82.2 Å². The van der Waals surface area contributed by atoms with Crippen molar-refractivity contribution in [3.63, 3.8) is 0 Å². The number of nitrogens with one attached hydrogen (secondary N) is 3. The zero-order chi connectivity index (χ0) is 16.7. The maximum atomic E-state index is 12.8. The van der Waals surface area contributed by atoms with E-state index in [1.807, 2.05) is 25.1 Å². The SMILES string of the molecule is CN(C)c1cnnc(NCCNC(=O)Nc2ccc(F)cc2)c1. The highest BCUT2D eigenvalue weighted by atomic mass is 19.1. The van der Waals surface area contributed by atoms with Crippen LogP contribution in [0.4, 0.5) is 26.4 Å². The molecule has 122 valence electrons. The minimum atomic E-state index is -0.355. The quantitative estimate of drug-likeness (QED) is 0.709. The number of urea groups is 1. The fourth-order valence-corrected chi connectivity index (χ4v) is 1.76. The molecule has 0 saturated carbocycles. The van der Waals surface area contributed by atoms with Gasteiger partial charge in [0.05, 0.1) is 11.9 Å². The molecule has 0 aliphatic carbocycles. The largest absolute Gasteiger partial charge is 0.376 e. The zero-order valence-electron chi connectivity index (χ0n) is 13.0. The third kappa shape index (κ3) is 5.42. The van der Waals surface area contributed by atoms with Crippen LogP contribution in [-0.2, 0) is 0 Å². The van der Waals surface area contributed by atoms with E-state index in [1.54, 1.807) is 6.20 Å². The predicted molar refractivity (Wildman–Crippen MR) is 88.3 cm³/mol. The number of carbonyl (C=O) groups excluding carboxylic acids is 1. The second-order valence-electron chi connectivity index (χ2n) is 5.01. The van der Waals surface area contributed by atoms with E-state index in [4.69, 9.17) is 0 Å². The maximum absolute atomic E-state index is 12.8. The normalized spacial score (nSPS) is 10.0. The Hall–Kier alpha value is -2.90. The molecule has 8 heteroatoms. The molecule has 0 saturated heterocycles. The van der Waals surface area contributed by atoms with Gasteiger partial charge in [-0.2, -0.15) is 5.10 Å². The summed E-state index contributed by atoms with van der Waals surface area (Å²) in [6, 6.07) is 7.07. The highest BCUT2D eigenvalue weighted by Gasteiger charge is 2.02. The second kappa shape index (κ2) is 7.92. The highest BCUT2D eigenvalue weighted by Crippen LogP contribution is 2.12. The number of aromatic nitrogens is 2. The lowest BCUT2D eigenvalue weighted by atomic mass is 10.3. The third-order valence-corrected chi connectivity index (χ3v) is 2.98. The van der Waals surface area contributed by atoms with Crippen molar-refractivity contribution in [1.29, 1.82) is 0 Å². The minimum Gasteiger partial charge on any atom is -0.376 e. The van der Waals surface area contributed by atoms with Crippen molar-refractivity contribution in [1.82, 2.24) is 15.5 Å². The van der Waals surface area contributed by atoms with Crippen molar-refractivity contribution in [2.24, 2.45) is 0 Å². The molecule has 0 aliphatic heterocycles. The van der Waals surface area contributed by atoms with Crippen molar-refractivity contribution in [2.45, 2.75) is 0 Å². The Morgan fingerprint density at radius 1 is 1.22 bits per heavy atom. The number of nitrogens with zero attached hydrogens (tertiary/aromatic N) is 3. The number of benzene rings is 1. The Bertz CT molecular complexity index is 647. The van der Waals surface area contributed by atoms with E-state index < -0.39 is 0 Å². The van der Waals surface area contributed by atoms with E-state index in [0.717, 1.165) is 5.69 Å². The first-order valence-corrected chi connectivity index (χ1v) is 7.09. The maximum Gasteiger partial charge on any atom is 0.319 e. The summed E-state index contributed by atoms with van der Waals surface area (Å²) in [7, 11) is 3.84. The molecular weight excluding hydrogens is 299 g/mol. The van der Waals surface area contributed by atoms with Gasteiger partial charge in [-0.05, 0) is 24.3 Å². The standard InChI is InChI=1S/C15H19FN6O/c1-22(2)13-9-14(21-19-10-13)17-7-8-18-15(23)20-12-5-3-11(16)4-6-12/h3-6,9-10H,7-8H2,1-2H3,(H,17,21)(H2,18,20,23). The molecular formula is C15H19FN6O. The van der Waals surface area contributed by atoms with Gasteiger partial charge in [-0.15, -0.1) is 5.10 Å². The van der Waals surface area contributed by atoms with E-state index in [2.05, 4.69) is 26.1 Å². The van der Waals surface area contributed by atoms with E-state index in [0.29, 0.717) is 24.6 Å². The molecule has 2 aromatic rings. The number of hydrogen-bond donors (Lipinski definition) is 3. The van der Waals surface area contributed by atoms with Crippen LogP contribution in [0.15, 0.2) is 36.5 Å². The molecule has 1 aromatic carbocycles. The lowest BCUT2D eigenvalue weighted by Gasteiger charge is -2.13. The zero-order valence-corrected chi connectivity index (χ0v) is 13.0. The van der Waals surface area contributed by atoms with Crippen molar-refractivity contribution < 1.29 is 9.18 Å². The van der Waals surface area contributed by atoms with Crippen LogP contribution >= 0.6 is 0 Å². The van der Waals surface area contributed by atoms with Crippen molar-refractivity contribution >= 4 is 23.2 Å². The lowest BCUT2D eigenvalue weighted by molar-refractivity contribution is 0.252. The van der Waals surface area contributed by atoms with Crippen LogP contribution < -0.4 is 20.9 Å². The minimum absolute atomic E-state index is 0.346. The third-order valence-electron chi connectivity index (χ3n) is 2.98. The van der Waals surface area contributed by atoms with Gasteiger partial charge < -0.3 is 20.9 Å². The number of amides is 2. The van der Waals surface area contributed by atoms with E-state index in [1.165, 1.54) is 24.3 Å². The van der Waals surface area contributed by atoms with Gasteiger partial charge >= 0.3 is 6.03 Å². The molecule has 23 heavy (non-hydrogen) atoms. The molecule has 0 atom stereocenters. The summed E-state index contributed by atoms with van der Waals surface area (Å²) in [5, 5.41) is 16.2. The smallest absolute Gasteiger partial charge is 0.319 e. The number of rotatable bonds is 6. The molecule has 1 heterocycles. The second-order valence-corrected chi connectivity index (χ2v) is 5.01. The van der Waals surface area contributed by atoms with Crippen molar-refractivity contribution in [2.75, 3.05) is 42.7 Å². The van der Waals surface area contributed by atoms with Crippen LogP contribution in [0.3, 0.4) is 0 Å². The van der Waals surface area contributed by atoms with Gasteiger partial charge in [-0.25, -0.2) is 9.18 Å².